The average Bonchev–Trinajstić information content (AvgIpc) is 2.93. The summed E-state index contributed by atoms with van der Waals surface area (Å²) in [6.45, 7) is 0. The van der Waals surface area contributed by atoms with Gasteiger partial charge in [-0.15, -0.1) is 0 Å². The number of aliphatic carboxylic acids is 1. The predicted molar refractivity (Wildman–Crippen MR) is 74.5 cm³/mol. The van der Waals surface area contributed by atoms with E-state index in [0.717, 1.165) is 5.56 Å². The zero-order valence-corrected chi connectivity index (χ0v) is 14.1. The Bertz CT molecular complexity index is 837. The predicted octanol–water partition coefficient (Wildman–Crippen LogP) is -1.18. The first kappa shape index (κ1) is 16.0. The van der Waals surface area contributed by atoms with Crippen LogP contribution in [0.25, 0.3) is 22.3 Å². The van der Waals surface area contributed by atoms with Crippen molar-refractivity contribution in [2.24, 2.45) is 0 Å². The summed E-state index contributed by atoms with van der Waals surface area (Å²) in [6, 6.07) is 8.15. The molecule has 21 heavy (non-hydrogen) atoms. The Morgan fingerprint density at radius 2 is 2.10 bits per heavy atom. The number of carbonyl (C=O) groups excluding carboxylic acids is 1. The van der Waals surface area contributed by atoms with Crippen LogP contribution < -0.4 is 40.1 Å². The zero-order valence-electron chi connectivity index (χ0n) is 11.3. The number of rotatable bonds is 3. The first-order chi connectivity index (χ1) is 9.65. The molecule has 100 valence electrons. The number of carboxylic acids is 1. The third kappa shape index (κ3) is 3.27. The number of benzene rings is 1. The van der Waals surface area contributed by atoms with E-state index in [1.165, 1.54) is 17.4 Å². The topological polar surface area (TPSA) is 70.3 Å². The molecule has 0 fully saturated rings. The van der Waals surface area contributed by atoms with E-state index in [2.05, 4.69) is 0 Å². The van der Waals surface area contributed by atoms with Gasteiger partial charge in [0.25, 0.3) is 0 Å². The van der Waals surface area contributed by atoms with Crippen molar-refractivity contribution in [3.8, 4) is 11.3 Å². The number of para-hydroxylation sites is 1. The molecular weight excluding hydrogens is 299 g/mol. The third-order valence-electron chi connectivity index (χ3n) is 2.98. The minimum absolute atomic E-state index is 0. The van der Waals surface area contributed by atoms with E-state index in [0.29, 0.717) is 22.3 Å². The smallest absolute Gasteiger partial charge is 0.550 e. The summed E-state index contributed by atoms with van der Waals surface area (Å²) in [5, 5.41) is 14.9. The Morgan fingerprint density at radius 1 is 1.29 bits per heavy atom. The molecule has 0 N–H and O–H groups in total. The van der Waals surface area contributed by atoms with Gasteiger partial charge in [-0.25, -0.2) is 0 Å². The van der Waals surface area contributed by atoms with Gasteiger partial charge in [-0.05, 0) is 17.5 Å². The third-order valence-corrected chi connectivity index (χ3v) is 3.66. The normalized spacial score (nSPS) is 10.3. The molecule has 0 bridgehead atoms. The van der Waals surface area contributed by atoms with Gasteiger partial charge in [0.05, 0.1) is 5.39 Å². The minimum atomic E-state index is -1.21. The molecule has 1 aromatic carbocycles. The van der Waals surface area contributed by atoms with Crippen LogP contribution in [0.2, 0.25) is 0 Å². The van der Waals surface area contributed by atoms with Crippen LogP contribution in [0.15, 0.2) is 50.3 Å². The fourth-order valence-electron chi connectivity index (χ4n) is 2.08. The molecule has 3 aromatic rings. The molecule has 2 heterocycles. The van der Waals surface area contributed by atoms with E-state index < -0.39 is 5.97 Å². The molecule has 0 atom stereocenters. The fourth-order valence-corrected chi connectivity index (χ4v) is 2.72. The van der Waals surface area contributed by atoms with Crippen LogP contribution in [0.3, 0.4) is 0 Å². The molecule has 0 aliphatic carbocycles. The molecule has 0 unspecified atom stereocenters. The van der Waals surface area contributed by atoms with Crippen LogP contribution >= 0.6 is 11.3 Å². The largest absolute Gasteiger partial charge is 1.00 e. The summed E-state index contributed by atoms with van der Waals surface area (Å²) in [5.41, 5.74) is 1.37. The van der Waals surface area contributed by atoms with Gasteiger partial charge in [0.1, 0.15) is 11.3 Å². The van der Waals surface area contributed by atoms with Crippen LogP contribution in [0, 0.1) is 0 Å². The van der Waals surface area contributed by atoms with Gasteiger partial charge in [-0.2, -0.15) is 11.3 Å². The summed E-state index contributed by atoms with van der Waals surface area (Å²) in [4.78, 5) is 22.9. The Kier molecular flexibility index (Phi) is 5.00. The number of carboxylic acid groups (broad SMARTS) is 1. The van der Waals surface area contributed by atoms with Crippen molar-refractivity contribution >= 4 is 28.3 Å². The number of fused-ring (bicyclic) bond motifs is 1. The fraction of sp³-hybridized carbons (Fsp3) is 0.0667. The van der Waals surface area contributed by atoms with Crippen molar-refractivity contribution in [1.29, 1.82) is 0 Å². The van der Waals surface area contributed by atoms with Gasteiger partial charge in [0.2, 0.25) is 0 Å². The average molecular weight is 308 g/mol. The molecule has 0 aliphatic rings. The van der Waals surface area contributed by atoms with Gasteiger partial charge < -0.3 is 14.3 Å². The van der Waals surface area contributed by atoms with Crippen molar-refractivity contribution in [3.05, 3.63) is 56.9 Å². The van der Waals surface area contributed by atoms with Crippen molar-refractivity contribution in [2.45, 2.75) is 6.42 Å². The van der Waals surface area contributed by atoms with Gasteiger partial charge >= 0.3 is 29.6 Å². The summed E-state index contributed by atoms with van der Waals surface area (Å²) in [7, 11) is 0. The van der Waals surface area contributed by atoms with Crippen molar-refractivity contribution in [2.75, 3.05) is 0 Å². The summed E-state index contributed by atoms with van der Waals surface area (Å²) in [6.07, 6.45) is -0.284. The Morgan fingerprint density at radius 3 is 2.76 bits per heavy atom. The molecule has 3 rings (SSSR count). The van der Waals surface area contributed by atoms with Crippen LogP contribution in [-0.4, -0.2) is 5.97 Å². The summed E-state index contributed by atoms with van der Waals surface area (Å²) < 4.78 is 5.73. The molecule has 2 aromatic heterocycles. The monoisotopic (exact) mass is 308 g/mol. The van der Waals surface area contributed by atoms with Crippen molar-refractivity contribution < 1.29 is 43.9 Å². The van der Waals surface area contributed by atoms with Gasteiger partial charge in [0, 0.05) is 35.0 Å². The Labute approximate surface area is 146 Å². The SMILES string of the molecule is O=C([O-])Cc1cccc2c(=O)cc(-c3ccsc3)oc12.[Na+]. The van der Waals surface area contributed by atoms with Crippen LogP contribution in [0.1, 0.15) is 5.56 Å². The summed E-state index contributed by atoms with van der Waals surface area (Å²) >= 11 is 1.49. The molecule has 4 nitrogen and oxygen atoms in total. The van der Waals surface area contributed by atoms with Gasteiger partial charge in [-0.1, -0.05) is 12.1 Å². The summed E-state index contributed by atoms with van der Waals surface area (Å²) in [5.74, 6) is -0.768. The maximum Gasteiger partial charge on any atom is 1.00 e. The number of hydrogen-bond acceptors (Lipinski definition) is 5. The second kappa shape index (κ2) is 6.58. The maximum atomic E-state index is 12.1. The molecule has 0 saturated heterocycles. The minimum Gasteiger partial charge on any atom is -0.550 e. The molecular formula is C15H9NaO4S. The van der Waals surface area contributed by atoms with Gasteiger partial charge in [-0.3, -0.25) is 4.79 Å². The van der Waals surface area contributed by atoms with E-state index in [1.807, 2.05) is 16.8 Å². The van der Waals surface area contributed by atoms with Crippen LogP contribution in [-0.2, 0) is 11.2 Å². The molecule has 6 heteroatoms. The number of hydrogen-bond donors (Lipinski definition) is 0. The Hall–Kier alpha value is -1.40. The maximum absolute atomic E-state index is 12.1. The quantitative estimate of drug-likeness (QED) is 0.571. The first-order valence-electron chi connectivity index (χ1n) is 5.93. The van der Waals surface area contributed by atoms with E-state index in [4.69, 9.17) is 4.42 Å². The molecule has 0 amide bonds. The molecule has 0 radical (unpaired) electrons. The standard InChI is InChI=1S/C15H10O4S.Na/c16-12-7-13(10-4-5-20-8-10)19-15-9(6-14(17)18)2-1-3-11(12)15;/h1-5,7-8H,6H2,(H,17,18);/q;+1/p-1. The molecule has 0 aliphatic heterocycles. The van der Waals surface area contributed by atoms with E-state index >= 15 is 0 Å². The number of thiophene rings is 1. The van der Waals surface area contributed by atoms with E-state index in [-0.39, 0.29) is 41.4 Å². The zero-order chi connectivity index (χ0) is 14.1. The van der Waals surface area contributed by atoms with E-state index in [1.54, 1.807) is 18.2 Å². The molecule has 0 saturated carbocycles. The second-order valence-electron chi connectivity index (χ2n) is 4.33. The van der Waals surface area contributed by atoms with Crippen molar-refractivity contribution in [3.63, 3.8) is 0 Å². The van der Waals surface area contributed by atoms with E-state index in [9.17, 15) is 14.7 Å². The second-order valence-corrected chi connectivity index (χ2v) is 5.11. The van der Waals surface area contributed by atoms with Crippen molar-refractivity contribution in [1.82, 2.24) is 0 Å². The van der Waals surface area contributed by atoms with Gasteiger partial charge in [0.15, 0.2) is 5.43 Å². The first-order valence-corrected chi connectivity index (χ1v) is 6.87. The van der Waals surface area contributed by atoms with Crippen LogP contribution in [0.4, 0.5) is 0 Å². The Balaban J connectivity index is 0.00000161. The molecule has 0 spiro atoms. The number of carbonyl (C=O) groups is 1. The van der Waals surface area contributed by atoms with Crippen LogP contribution in [0.5, 0.6) is 0 Å².